The minimum atomic E-state index is -0.182. The summed E-state index contributed by atoms with van der Waals surface area (Å²) in [6.45, 7) is 4.05. The smallest absolute Gasteiger partial charge is 0.322 e. The van der Waals surface area contributed by atoms with Crippen LogP contribution >= 0.6 is 35.0 Å². The zero-order valence-corrected chi connectivity index (χ0v) is 21.9. The maximum Gasteiger partial charge on any atom is 0.322 e. The molecule has 3 heterocycles. The molecule has 3 amide bonds. The van der Waals surface area contributed by atoms with Crippen LogP contribution in [0, 0.1) is 0 Å². The molecule has 2 N–H and O–H groups in total. The molecule has 1 fully saturated rings. The average Bonchev–Trinajstić information content (AvgIpc) is 2.86. The number of anilines is 2. The van der Waals surface area contributed by atoms with E-state index in [9.17, 15) is 9.59 Å². The van der Waals surface area contributed by atoms with E-state index in [1.165, 1.54) is 11.8 Å². The van der Waals surface area contributed by atoms with Gasteiger partial charge in [0.05, 0.1) is 5.75 Å². The molecule has 36 heavy (non-hydrogen) atoms. The van der Waals surface area contributed by atoms with Crippen molar-refractivity contribution in [2.24, 2.45) is 0 Å². The Morgan fingerprint density at radius 1 is 1.14 bits per heavy atom. The summed E-state index contributed by atoms with van der Waals surface area (Å²) in [5.74, 6) is 0.686. The number of amides is 3. The van der Waals surface area contributed by atoms with Crippen molar-refractivity contribution >= 4 is 58.4 Å². The van der Waals surface area contributed by atoms with E-state index in [0.29, 0.717) is 53.0 Å². The van der Waals surface area contributed by atoms with Crippen molar-refractivity contribution in [2.45, 2.75) is 24.7 Å². The fraction of sp³-hybridized carbons (Fsp3) is 0.292. The topological polar surface area (TPSA) is 103 Å². The molecule has 2 aromatic heterocycles. The molecule has 1 unspecified atom stereocenters. The maximum absolute atomic E-state index is 12.8. The van der Waals surface area contributed by atoms with Crippen LogP contribution in [0.1, 0.15) is 12.5 Å². The van der Waals surface area contributed by atoms with Crippen LogP contribution in [0.5, 0.6) is 0 Å². The lowest BCUT2D eigenvalue weighted by atomic mass is 10.2. The Morgan fingerprint density at radius 3 is 2.75 bits per heavy atom. The summed E-state index contributed by atoms with van der Waals surface area (Å²) in [4.78, 5) is 41.8. The average molecular weight is 546 g/mol. The van der Waals surface area contributed by atoms with Gasteiger partial charge in [-0.05, 0) is 36.8 Å². The maximum atomic E-state index is 12.8. The summed E-state index contributed by atoms with van der Waals surface area (Å²) < 4.78 is 0. The molecule has 1 aliphatic rings. The molecule has 12 heteroatoms. The van der Waals surface area contributed by atoms with E-state index < -0.39 is 0 Å². The normalized spacial score (nSPS) is 15.5. The zero-order valence-electron chi connectivity index (χ0n) is 19.5. The van der Waals surface area contributed by atoms with Gasteiger partial charge >= 0.3 is 6.03 Å². The number of benzene rings is 1. The third-order valence-corrected chi connectivity index (χ3v) is 6.77. The number of carbonyl (C=O) groups is 2. The molecule has 1 aromatic carbocycles. The van der Waals surface area contributed by atoms with Crippen LogP contribution in [0.3, 0.4) is 0 Å². The Kier molecular flexibility index (Phi) is 8.84. The van der Waals surface area contributed by atoms with Gasteiger partial charge in [-0.3, -0.25) is 9.78 Å². The van der Waals surface area contributed by atoms with Gasteiger partial charge in [-0.25, -0.2) is 14.8 Å². The fourth-order valence-corrected chi connectivity index (χ4v) is 4.83. The highest BCUT2D eigenvalue weighted by Gasteiger charge is 2.28. The van der Waals surface area contributed by atoms with Gasteiger partial charge in [0.15, 0.2) is 5.16 Å². The van der Waals surface area contributed by atoms with E-state index in [1.54, 1.807) is 47.6 Å². The molecule has 188 valence electrons. The van der Waals surface area contributed by atoms with E-state index in [0.717, 1.165) is 5.56 Å². The number of carbonyl (C=O) groups excluding carboxylic acids is 2. The molecule has 1 aliphatic heterocycles. The zero-order chi connectivity index (χ0) is 25.5. The van der Waals surface area contributed by atoms with Crippen molar-refractivity contribution in [3.05, 3.63) is 70.6 Å². The number of piperazine rings is 1. The minimum Gasteiger partial charge on any atom is -0.353 e. The van der Waals surface area contributed by atoms with Crippen LogP contribution < -0.4 is 15.5 Å². The molecule has 9 nitrogen and oxygen atoms in total. The standard InChI is InChI=1S/C24H25Cl2N7O2S/c1-16-14-32(8-9-33(16)24(35)29-19-6-2-5-18(25)10-19)21-11-20(26)30-23(31-21)36-15-22(34)28-13-17-4-3-7-27-12-17/h2-7,10-12,16H,8-9,13-15H2,1H3,(H,28,34)(H,29,35). The molecule has 4 rings (SSSR count). The number of hydrogen-bond donors (Lipinski definition) is 2. The third-order valence-electron chi connectivity index (χ3n) is 5.49. The number of rotatable bonds is 7. The first-order valence-corrected chi connectivity index (χ1v) is 13.0. The quantitative estimate of drug-likeness (QED) is 0.258. The second-order valence-corrected chi connectivity index (χ2v) is 9.95. The first-order valence-electron chi connectivity index (χ1n) is 11.3. The summed E-state index contributed by atoms with van der Waals surface area (Å²) in [5.41, 5.74) is 1.57. The third kappa shape index (κ3) is 7.22. The van der Waals surface area contributed by atoms with E-state index >= 15 is 0 Å². The van der Waals surface area contributed by atoms with Crippen LogP contribution in [-0.2, 0) is 11.3 Å². The molecule has 3 aromatic rings. The molecule has 0 saturated carbocycles. The Bertz CT molecular complexity index is 1220. The number of pyridine rings is 1. The number of urea groups is 1. The lowest BCUT2D eigenvalue weighted by molar-refractivity contribution is -0.118. The largest absolute Gasteiger partial charge is 0.353 e. The fourth-order valence-electron chi connectivity index (χ4n) is 3.73. The number of hydrogen-bond acceptors (Lipinski definition) is 7. The molecule has 0 bridgehead atoms. The second-order valence-electron chi connectivity index (χ2n) is 8.19. The first-order chi connectivity index (χ1) is 17.4. The number of aromatic nitrogens is 3. The van der Waals surface area contributed by atoms with Gasteiger partial charge in [-0.1, -0.05) is 47.1 Å². The predicted molar refractivity (Wildman–Crippen MR) is 143 cm³/mol. The number of nitrogens with one attached hydrogen (secondary N) is 2. The van der Waals surface area contributed by atoms with Gasteiger partial charge in [0, 0.05) is 61.4 Å². The van der Waals surface area contributed by atoms with Gasteiger partial charge < -0.3 is 20.4 Å². The summed E-state index contributed by atoms with van der Waals surface area (Å²) >= 11 is 13.5. The van der Waals surface area contributed by atoms with Gasteiger partial charge in [-0.15, -0.1) is 0 Å². The van der Waals surface area contributed by atoms with E-state index in [2.05, 4.69) is 30.5 Å². The predicted octanol–water partition coefficient (Wildman–Crippen LogP) is 4.33. The lowest BCUT2D eigenvalue weighted by Crippen LogP contribution is -2.55. The van der Waals surface area contributed by atoms with E-state index in [-0.39, 0.29) is 23.7 Å². The van der Waals surface area contributed by atoms with Crippen molar-refractivity contribution in [3.63, 3.8) is 0 Å². The number of nitrogens with zero attached hydrogens (tertiary/aromatic N) is 5. The summed E-state index contributed by atoms with van der Waals surface area (Å²) in [6, 6.07) is 12.2. The molecule has 0 spiro atoms. The highest BCUT2D eigenvalue weighted by Crippen LogP contribution is 2.24. The summed E-state index contributed by atoms with van der Waals surface area (Å²) in [7, 11) is 0. The van der Waals surface area contributed by atoms with Crippen molar-refractivity contribution in [1.29, 1.82) is 0 Å². The summed E-state index contributed by atoms with van der Waals surface area (Å²) in [6.07, 6.45) is 3.40. The van der Waals surface area contributed by atoms with Crippen LogP contribution in [-0.4, -0.2) is 63.2 Å². The first kappa shape index (κ1) is 26.0. The van der Waals surface area contributed by atoms with E-state index in [1.807, 2.05) is 19.1 Å². The molecule has 0 aliphatic carbocycles. The number of thioether (sulfide) groups is 1. The Morgan fingerprint density at radius 2 is 2.00 bits per heavy atom. The van der Waals surface area contributed by atoms with Crippen molar-refractivity contribution in [2.75, 3.05) is 35.6 Å². The van der Waals surface area contributed by atoms with Crippen molar-refractivity contribution in [1.82, 2.24) is 25.2 Å². The second kappa shape index (κ2) is 12.2. The monoisotopic (exact) mass is 545 g/mol. The Hall–Kier alpha value is -3.08. The highest BCUT2D eigenvalue weighted by atomic mass is 35.5. The SMILES string of the molecule is CC1CN(c2cc(Cl)nc(SCC(=O)NCc3cccnc3)n2)CCN1C(=O)Nc1cccc(Cl)c1. The van der Waals surface area contributed by atoms with E-state index in [4.69, 9.17) is 23.2 Å². The lowest BCUT2D eigenvalue weighted by Gasteiger charge is -2.40. The highest BCUT2D eigenvalue weighted by molar-refractivity contribution is 7.99. The van der Waals surface area contributed by atoms with Crippen LogP contribution in [0.15, 0.2) is 60.0 Å². The number of halogens is 2. The van der Waals surface area contributed by atoms with Gasteiger partial charge in [-0.2, -0.15) is 0 Å². The van der Waals surface area contributed by atoms with Gasteiger partial charge in [0.1, 0.15) is 11.0 Å². The van der Waals surface area contributed by atoms with Crippen molar-refractivity contribution < 1.29 is 9.59 Å². The van der Waals surface area contributed by atoms with Crippen LogP contribution in [0.25, 0.3) is 0 Å². The molecule has 1 saturated heterocycles. The Labute approximate surface area is 223 Å². The van der Waals surface area contributed by atoms with Crippen LogP contribution in [0.2, 0.25) is 10.2 Å². The molecule has 0 radical (unpaired) electrons. The van der Waals surface area contributed by atoms with Gasteiger partial charge in [0.2, 0.25) is 5.91 Å². The molecule has 1 atom stereocenters. The Balaban J connectivity index is 1.31. The molecular weight excluding hydrogens is 521 g/mol. The summed E-state index contributed by atoms with van der Waals surface area (Å²) in [5, 5.41) is 7.03. The molecular formula is C24H25Cl2N7O2S. The van der Waals surface area contributed by atoms with Crippen LogP contribution in [0.4, 0.5) is 16.3 Å². The van der Waals surface area contributed by atoms with Gasteiger partial charge in [0.25, 0.3) is 0 Å². The minimum absolute atomic E-state index is 0.0685. The van der Waals surface area contributed by atoms with Crippen molar-refractivity contribution in [3.8, 4) is 0 Å².